The molecule has 0 aliphatic carbocycles. The zero-order chi connectivity index (χ0) is 10.6. The number of ether oxygens (including phenoxy) is 1. The lowest BCUT2D eigenvalue weighted by Crippen LogP contribution is -2.51. The summed E-state index contributed by atoms with van der Waals surface area (Å²) in [6.45, 7) is 4.81. The summed E-state index contributed by atoms with van der Waals surface area (Å²) in [5.74, 6) is -0.110. The van der Waals surface area contributed by atoms with Crippen LogP contribution in [0.15, 0.2) is 0 Å². The average molecular weight is 200 g/mol. The summed E-state index contributed by atoms with van der Waals surface area (Å²) in [7, 11) is 3.50. The molecule has 4 nitrogen and oxygen atoms in total. The highest BCUT2D eigenvalue weighted by molar-refractivity contribution is 5.73. The Labute approximate surface area is 85.6 Å². The smallest absolute Gasteiger partial charge is 0.311 e. The Kier molecular flexibility index (Phi) is 4.35. The monoisotopic (exact) mass is 200 g/mol. The quantitative estimate of drug-likeness (QED) is 0.656. The van der Waals surface area contributed by atoms with E-state index in [1.807, 2.05) is 7.05 Å². The van der Waals surface area contributed by atoms with Crippen molar-refractivity contribution in [1.82, 2.24) is 10.2 Å². The SMILES string of the molecule is CCNC1CCN(C)CC1C(=O)OC. The van der Waals surface area contributed by atoms with Gasteiger partial charge in [0, 0.05) is 12.6 Å². The number of rotatable bonds is 3. The lowest BCUT2D eigenvalue weighted by atomic mass is 9.92. The van der Waals surface area contributed by atoms with Crippen molar-refractivity contribution < 1.29 is 9.53 Å². The molecule has 82 valence electrons. The van der Waals surface area contributed by atoms with E-state index in [9.17, 15) is 4.79 Å². The van der Waals surface area contributed by atoms with Crippen molar-refractivity contribution in [2.45, 2.75) is 19.4 Å². The van der Waals surface area contributed by atoms with E-state index in [0.717, 1.165) is 26.1 Å². The van der Waals surface area contributed by atoms with Crippen molar-refractivity contribution in [2.24, 2.45) is 5.92 Å². The number of likely N-dealkylation sites (tertiary alicyclic amines) is 1. The van der Waals surface area contributed by atoms with Gasteiger partial charge in [0.2, 0.25) is 0 Å². The summed E-state index contributed by atoms with van der Waals surface area (Å²) in [6.07, 6.45) is 1.02. The second-order valence-electron chi connectivity index (χ2n) is 3.84. The summed E-state index contributed by atoms with van der Waals surface area (Å²) in [4.78, 5) is 13.7. The van der Waals surface area contributed by atoms with E-state index < -0.39 is 0 Å². The third kappa shape index (κ3) is 2.69. The molecule has 0 bridgehead atoms. The maximum Gasteiger partial charge on any atom is 0.311 e. The van der Waals surface area contributed by atoms with Crippen LogP contribution >= 0.6 is 0 Å². The van der Waals surface area contributed by atoms with E-state index >= 15 is 0 Å². The molecule has 2 unspecified atom stereocenters. The molecule has 0 aromatic heterocycles. The Balaban J connectivity index is 2.58. The summed E-state index contributed by atoms with van der Waals surface area (Å²) >= 11 is 0. The fourth-order valence-corrected chi connectivity index (χ4v) is 2.01. The highest BCUT2D eigenvalue weighted by Gasteiger charge is 2.33. The van der Waals surface area contributed by atoms with Crippen LogP contribution in [0.25, 0.3) is 0 Å². The molecule has 0 radical (unpaired) electrons. The molecule has 1 N–H and O–H groups in total. The van der Waals surface area contributed by atoms with E-state index in [4.69, 9.17) is 4.74 Å². The van der Waals surface area contributed by atoms with Crippen molar-refractivity contribution in [3.63, 3.8) is 0 Å². The number of carbonyl (C=O) groups is 1. The number of carbonyl (C=O) groups excluding carboxylic acids is 1. The zero-order valence-corrected chi connectivity index (χ0v) is 9.25. The second kappa shape index (κ2) is 5.32. The van der Waals surface area contributed by atoms with Gasteiger partial charge in [0.25, 0.3) is 0 Å². The summed E-state index contributed by atoms with van der Waals surface area (Å²) in [5, 5.41) is 3.34. The van der Waals surface area contributed by atoms with Crippen molar-refractivity contribution in [1.29, 1.82) is 0 Å². The maximum atomic E-state index is 11.5. The standard InChI is InChI=1S/C10H20N2O2/c1-4-11-9-5-6-12(2)7-8(9)10(13)14-3/h8-9,11H,4-7H2,1-3H3. The van der Waals surface area contributed by atoms with E-state index in [1.54, 1.807) is 0 Å². The Morgan fingerprint density at radius 3 is 2.93 bits per heavy atom. The maximum absolute atomic E-state index is 11.5. The van der Waals surface area contributed by atoms with E-state index in [0.29, 0.717) is 0 Å². The molecule has 0 spiro atoms. The van der Waals surface area contributed by atoms with Gasteiger partial charge >= 0.3 is 5.97 Å². The van der Waals surface area contributed by atoms with Gasteiger partial charge in [-0.05, 0) is 26.6 Å². The summed E-state index contributed by atoms with van der Waals surface area (Å²) in [5.41, 5.74) is 0. The number of nitrogens with zero attached hydrogens (tertiary/aromatic N) is 1. The molecule has 0 saturated carbocycles. The normalized spacial score (nSPS) is 28.8. The van der Waals surface area contributed by atoms with E-state index in [2.05, 4.69) is 17.1 Å². The van der Waals surface area contributed by atoms with Crippen LogP contribution in [0.5, 0.6) is 0 Å². The van der Waals surface area contributed by atoms with Crippen LogP contribution in [0.3, 0.4) is 0 Å². The van der Waals surface area contributed by atoms with Gasteiger partial charge in [-0.15, -0.1) is 0 Å². The molecule has 1 saturated heterocycles. The van der Waals surface area contributed by atoms with Crippen molar-refractivity contribution in [3.8, 4) is 0 Å². The Bertz CT molecular complexity index is 197. The van der Waals surface area contributed by atoms with Gasteiger partial charge in [0.05, 0.1) is 13.0 Å². The van der Waals surface area contributed by atoms with Crippen LogP contribution in [0.4, 0.5) is 0 Å². The highest BCUT2D eigenvalue weighted by atomic mass is 16.5. The lowest BCUT2D eigenvalue weighted by molar-refractivity contribution is -0.148. The molecule has 0 amide bonds. The molecule has 1 aliphatic rings. The number of esters is 1. The van der Waals surface area contributed by atoms with Crippen molar-refractivity contribution in [2.75, 3.05) is 33.8 Å². The van der Waals surface area contributed by atoms with Crippen LogP contribution in [0.2, 0.25) is 0 Å². The Hall–Kier alpha value is -0.610. The van der Waals surface area contributed by atoms with Gasteiger partial charge in [-0.3, -0.25) is 4.79 Å². The van der Waals surface area contributed by atoms with Gasteiger partial charge in [0.1, 0.15) is 0 Å². The fraction of sp³-hybridized carbons (Fsp3) is 0.900. The van der Waals surface area contributed by atoms with Gasteiger partial charge in [0.15, 0.2) is 0 Å². The van der Waals surface area contributed by atoms with Crippen LogP contribution in [-0.2, 0) is 9.53 Å². The van der Waals surface area contributed by atoms with E-state index in [1.165, 1.54) is 7.11 Å². The third-order valence-electron chi connectivity index (χ3n) is 2.79. The zero-order valence-electron chi connectivity index (χ0n) is 9.25. The molecular weight excluding hydrogens is 180 g/mol. The van der Waals surface area contributed by atoms with Gasteiger partial charge in [-0.25, -0.2) is 0 Å². The second-order valence-corrected chi connectivity index (χ2v) is 3.84. The summed E-state index contributed by atoms with van der Waals surface area (Å²) in [6, 6.07) is 0.281. The first-order valence-electron chi connectivity index (χ1n) is 5.18. The van der Waals surface area contributed by atoms with E-state index in [-0.39, 0.29) is 17.9 Å². The first-order chi connectivity index (χ1) is 6.69. The molecule has 1 rings (SSSR count). The predicted molar refractivity (Wildman–Crippen MR) is 55.1 cm³/mol. The molecule has 2 atom stereocenters. The van der Waals surface area contributed by atoms with Gasteiger partial charge < -0.3 is 15.0 Å². The lowest BCUT2D eigenvalue weighted by Gasteiger charge is -2.35. The number of nitrogens with one attached hydrogen (secondary N) is 1. The molecule has 4 heteroatoms. The number of methoxy groups -OCH3 is 1. The van der Waals surface area contributed by atoms with Gasteiger partial charge in [-0.1, -0.05) is 6.92 Å². The molecule has 1 aliphatic heterocycles. The third-order valence-corrected chi connectivity index (χ3v) is 2.79. The average Bonchev–Trinajstić information content (AvgIpc) is 2.20. The molecule has 1 heterocycles. The minimum atomic E-state index is -0.0949. The topological polar surface area (TPSA) is 41.6 Å². The number of hydrogen-bond acceptors (Lipinski definition) is 4. The largest absolute Gasteiger partial charge is 0.469 e. The van der Waals surface area contributed by atoms with Crippen molar-refractivity contribution in [3.05, 3.63) is 0 Å². The molecule has 1 fully saturated rings. The highest BCUT2D eigenvalue weighted by Crippen LogP contribution is 2.17. The first-order valence-corrected chi connectivity index (χ1v) is 5.18. The molecule has 14 heavy (non-hydrogen) atoms. The van der Waals surface area contributed by atoms with Gasteiger partial charge in [-0.2, -0.15) is 0 Å². The predicted octanol–water partition coefficient (Wildman–Crippen LogP) is 0.0892. The van der Waals surface area contributed by atoms with Crippen LogP contribution in [0, 0.1) is 5.92 Å². The minimum absolute atomic E-state index is 0.0151. The number of hydrogen-bond donors (Lipinski definition) is 1. The Morgan fingerprint density at radius 2 is 2.36 bits per heavy atom. The minimum Gasteiger partial charge on any atom is -0.469 e. The van der Waals surface area contributed by atoms with Crippen LogP contribution < -0.4 is 5.32 Å². The number of piperidine rings is 1. The molecule has 0 aromatic carbocycles. The first kappa shape index (κ1) is 11.5. The molecular formula is C10H20N2O2. The Morgan fingerprint density at radius 1 is 1.64 bits per heavy atom. The van der Waals surface area contributed by atoms with Crippen LogP contribution in [-0.4, -0.2) is 50.7 Å². The fourth-order valence-electron chi connectivity index (χ4n) is 2.01. The van der Waals surface area contributed by atoms with Crippen molar-refractivity contribution >= 4 is 5.97 Å². The van der Waals surface area contributed by atoms with Crippen LogP contribution in [0.1, 0.15) is 13.3 Å². The molecule has 0 aromatic rings. The summed E-state index contributed by atoms with van der Waals surface area (Å²) < 4.78 is 4.81.